The molecule has 5 heteroatoms. The molecule has 5 nitrogen and oxygen atoms in total. The second-order valence-electron chi connectivity index (χ2n) is 6.94. The zero-order valence-electron chi connectivity index (χ0n) is 12.4. The van der Waals surface area contributed by atoms with E-state index in [2.05, 4.69) is 5.32 Å². The molecular weight excluding hydrogens is 244 g/mol. The number of carbonyl (C=O) groups excluding carboxylic acids is 1. The number of amides is 1. The van der Waals surface area contributed by atoms with Gasteiger partial charge < -0.3 is 20.1 Å². The second-order valence-corrected chi connectivity index (χ2v) is 6.94. The average Bonchev–Trinajstić information content (AvgIpc) is 2.50. The molecule has 3 atom stereocenters. The Balaban J connectivity index is 2.05. The topological polar surface area (TPSA) is 61.8 Å². The number of hydrogen-bond donors (Lipinski definition) is 2. The van der Waals surface area contributed by atoms with Gasteiger partial charge in [0.05, 0.1) is 5.60 Å². The van der Waals surface area contributed by atoms with Crippen molar-refractivity contribution in [1.29, 1.82) is 0 Å². The lowest BCUT2D eigenvalue weighted by molar-refractivity contribution is -0.0563. The molecule has 0 aromatic rings. The monoisotopic (exact) mass is 270 g/mol. The number of piperidine rings is 1. The van der Waals surface area contributed by atoms with E-state index in [1.165, 1.54) is 0 Å². The number of hydrogen-bond acceptors (Lipinski definition) is 4. The number of carbonyl (C=O) groups is 1. The number of aliphatic hydroxyl groups is 1. The minimum Gasteiger partial charge on any atom is -0.444 e. The van der Waals surface area contributed by atoms with Crippen LogP contribution in [0.4, 0.5) is 4.79 Å². The first kappa shape index (κ1) is 14.6. The molecule has 2 bridgehead atoms. The van der Waals surface area contributed by atoms with Crippen LogP contribution in [0.2, 0.25) is 0 Å². The number of likely N-dealkylation sites (N-methyl/N-ethyl adjacent to an activating group) is 1. The first-order valence-corrected chi connectivity index (χ1v) is 7.12. The van der Waals surface area contributed by atoms with Gasteiger partial charge >= 0.3 is 6.09 Å². The van der Waals surface area contributed by atoms with Gasteiger partial charge in [-0.2, -0.15) is 0 Å². The fourth-order valence-corrected chi connectivity index (χ4v) is 3.41. The van der Waals surface area contributed by atoms with Gasteiger partial charge in [0.2, 0.25) is 0 Å². The zero-order valence-corrected chi connectivity index (χ0v) is 12.4. The van der Waals surface area contributed by atoms with Gasteiger partial charge in [0.15, 0.2) is 0 Å². The molecule has 1 amide bonds. The van der Waals surface area contributed by atoms with Crippen LogP contribution < -0.4 is 5.32 Å². The molecule has 2 saturated heterocycles. The van der Waals surface area contributed by atoms with Crippen LogP contribution in [-0.2, 0) is 4.74 Å². The Morgan fingerprint density at radius 3 is 2.32 bits per heavy atom. The maximum Gasteiger partial charge on any atom is 0.410 e. The van der Waals surface area contributed by atoms with E-state index in [1.54, 1.807) is 0 Å². The van der Waals surface area contributed by atoms with Crippen LogP contribution in [0, 0.1) is 0 Å². The SMILES string of the molecule is CNCC1(O)C[C@H]2CC[C@@H](C1)N2C(=O)OC(C)(C)C. The molecule has 1 unspecified atom stereocenters. The summed E-state index contributed by atoms with van der Waals surface area (Å²) in [6.07, 6.45) is 2.99. The summed E-state index contributed by atoms with van der Waals surface area (Å²) in [7, 11) is 1.85. The molecule has 2 fully saturated rings. The molecule has 0 saturated carbocycles. The minimum absolute atomic E-state index is 0.118. The average molecular weight is 270 g/mol. The molecular formula is C14H26N2O3. The van der Waals surface area contributed by atoms with Crippen molar-refractivity contribution in [3.8, 4) is 0 Å². The number of fused-ring (bicyclic) bond motifs is 2. The normalized spacial score (nSPS) is 34.5. The van der Waals surface area contributed by atoms with Gasteiger partial charge in [0, 0.05) is 18.6 Å². The Morgan fingerprint density at radius 2 is 1.89 bits per heavy atom. The molecule has 2 rings (SSSR count). The Hall–Kier alpha value is -0.810. The van der Waals surface area contributed by atoms with Gasteiger partial charge in [-0.15, -0.1) is 0 Å². The summed E-state index contributed by atoms with van der Waals surface area (Å²) in [5.74, 6) is 0. The maximum atomic E-state index is 12.2. The predicted molar refractivity (Wildman–Crippen MR) is 73.0 cm³/mol. The molecule has 0 aromatic heterocycles. The van der Waals surface area contributed by atoms with Crippen molar-refractivity contribution >= 4 is 6.09 Å². The van der Waals surface area contributed by atoms with Crippen molar-refractivity contribution in [3.63, 3.8) is 0 Å². The Labute approximate surface area is 115 Å². The fraction of sp³-hybridized carbons (Fsp3) is 0.929. The highest BCUT2D eigenvalue weighted by molar-refractivity contribution is 5.69. The molecule has 0 spiro atoms. The third-order valence-corrected chi connectivity index (χ3v) is 3.96. The first-order chi connectivity index (χ1) is 8.74. The lowest BCUT2D eigenvalue weighted by atomic mass is 9.86. The molecule has 110 valence electrons. The highest BCUT2D eigenvalue weighted by Crippen LogP contribution is 2.41. The van der Waals surface area contributed by atoms with Crippen LogP contribution in [0.3, 0.4) is 0 Å². The van der Waals surface area contributed by atoms with Crippen molar-refractivity contribution in [2.24, 2.45) is 0 Å². The summed E-state index contributed by atoms with van der Waals surface area (Å²) in [5, 5.41) is 13.6. The fourth-order valence-electron chi connectivity index (χ4n) is 3.41. The number of rotatable bonds is 2. The summed E-state index contributed by atoms with van der Waals surface area (Å²) in [5.41, 5.74) is -1.14. The molecule has 2 heterocycles. The standard InChI is InChI=1S/C14H26N2O3/c1-13(2,3)19-12(17)16-10-5-6-11(16)8-14(18,7-10)9-15-4/h10-11,15,18H,5-9H2,1-4H3/t10-,11+,14?. The van der Waals surface area contributed by atoms with Crippen molar-refractivity contribution in [3.05, 3.63) is 0 Å². The van der Waals surface area contributed by atoms with E-state index in [-0.39, 0.29) is 18.2 Å². The van der Waals surface area contributed by atoms with E-state index in [1.807, 2.05) is 32.7 Å². The number of nitrogens with one attached hydrogen (secondary N) is 1. The molecule has 0 aliphatic carbocycles. The van der Waals surface area contributed by atoms with Crippen LogP contribution in [0.15, 0.2) is 0 Å². The summed E-state index contributed by atoms with van der Waals surface area (Å²) in [4.78, 5) is 14.1. The van der Waals surface area contributed by atoms with Crippen molar-refractivity contribution < 1.29 is 14.6 Å². The lowest BCUT2D eigenvalue weighted by Crippen LogP contribution is -2.56. The van der Waals surface area contributed by atoms with E-state index in [0.29, 0.717) is 19.4 Å². The molecule has 2 N–H and O–H groups in total. The van der Waals surface area contributed by atoms with Gasteiger partial charge in [-0.3, -0.25) is 0 Å². The molecule has 0 aromatic carbocycles. The smallest absolute Gasteiger partial charge is 0.410 e. The Kier molecular flexibility index (Phi) is 3.80. The number of ether oxygens (including phenoxy) is 1. The molecule has 2 aliphatic heterocycles. The lowest BCUT2D eigenvalue weighted by Gasteiger charge is -2.43. The highest BCUT2D eigenvalue weighted by atomic mass is 16.6. The molecule has 2 aliphatic rings. The third kappa shape index (κ3) is 3.20. The zero-order chi connectivity index (χ0) is 14.3. The van der Waals surface area contributed by atoms with Gasteiger partial charge in [0.1, 0.15) is 5.60 Å². The summed E-state index contributed by atoms with van der Waals surface area (Å²) in [6, 6.07) is 0.235. The van der Waals surface area contributed by atoms with Gasteiger partial charge in [-0.05, 0) is 53.5 Å². The first-order valence-electron chi connectivity index (χ1n) is 7.12. The third-order valence-electron chi connectivity index (χ3n) is 3.96. The molecule has 19 heavy (non-hydrogen) atoms. The van der Waals surface area contributed by atoms with Crippen molar-refractivity contribution in [2.75, 3.05) is 13.6 Å². The van der Waals surface area contributed by atoms with Crippen molar-refractivity contribution in [1.82, 2.24) is 10.2 Å². The van der Waals surface area contributed by atoms with Gasteiger partial charge in [-0.25, -0.2) is 4.79 Å². The Morgan fingerprint density at radius 1 is 1.37 bits per heavy atom. The highest BCUT2D eigenvalue weighted by Gasteiger charge is 2.50. The van der Waals surface area contributed by atoms with Crippen LogP contribution in [0.5, 0.6) is 0 Å². The van der Waals surface area contributed by atoms with E-state index in [4.69, 9.17) is 4.74 Å². The van der Waals surface area contributed by atoms with E-state index in [9.17, 15) is 9.90 Å². The van der Waals surface area contributed by atoms with Gasteiger partial charge in [-0.1, -0.05) is 0 Å². The van der Waals surface area contributed by atoms with E-state index >= 15 is 0 Å². The quantitative estimate of drug-likeness (QED) is 0.798. The maximum absolute atomic E-state index is 12.2. The van der Waals surface area contributed by atoms with Crippen molar-refractivity contribution in [2.45, 2.75) is 69.7 Å². The predicted octanol–water partition coefficient (Wildman–Crippen LogP) is 1.50. The summed E-state index contributed by atoms with van der Waals surface area (Å²) in [6.45, 7) is 6.23. The second kappa shape index (κ2) is 4.94. The summed E-state index contributed by atoms with van der Waals surface area (Å²) < 4.78 is 5.48. The Bertz CT molecular complexity index is 337. The van der Waals surface area contributed by atoms with Crippen LogP contribution in [0.1, 0.15) is 46.5 Å². The largest absolute Gasteiger partial charge is 0.444 e. The molecule has 0 radical (unpaired) electrons. The summed E-state index contributed by atoms with van der Waals surface area (Å²) >= 11 is 0. The van der Waals surface area contributed by atoms with Crippen LogP contribution in [-0.4, -0.2) is 53.0 Å². The van der Waals surface area contributed by atoms with Gasteiger partial charge in [0.25, 0.3) is 0 Å². The van der Waals surface area contributed by atoms with Crippen LogP contribution >= 0.6 is 0 Å². The number of nitrogens with zero attached hydrogens (tertiary/aromatic N) is 1. The van der Waals surface area contributed by atoms with Crippen LogP contribution in [0.25, 0.3) is 0 Å². The minimum atomic E-state index is -0.681. The van der Waals surface area contributed by atoms with E-state index < -0.39 is 11.2 Å². The van der Waals surface area contributed by atoms with E-state index in [0.717, 1.165) is 12.8 Å².